The van der Waals surface area contributed by atoms with Crippen LogP contribution in [0.5, 0.6) is 0 Å². The monoisotopic (exact) mass is 247 g/mol. The van der Waals surface area contributed by atoms with E-state index in [1.165, 1.54) is 11.1 Å². The molecule has 1 aromatic carbocycles. The molecule has 3 N–H and O–H groups in total. The van der Waals surface area contributed by atoms with Crippen molar-refractivity contribution in [1.29, 1.82) is 0 Å². The standard InChI is InChI=1S/C14H21N3O/c15-16-14(18)6-3-9-17-10-7-12-4-1-2-5-13(12)8-11-17/h1-2,4-5H,3,6-11,15H2,(H,16,18). The summed E-state index contributed by atoms with van der Waals surface area (Å²) in [6, 6.07) is 8.67. The van der Waals surface area contributed by atoms with Crippen LogP contribution in [0, 0.1) is 0 Å². The van der Waals surface area contributed by atoms with Gasteiger partial charge >= 0.3 is 0 Å². The van der Waals surface area contributed by atoms with Crippen molar-refractivity contribution in [3.05, 3.63) is 35.4 Å². The maximum Gasteiger partial charge on any atom is 0.233 e. The lowest BCUT2D eigenvalue weighted by atomic mass is 10.0. The molecule has 0 fully saturated rings. The van der Waals surface area contributed by atoms with E-state index >= 15 is 0 Å². The van der Waals surface area contributed by atoms with Crippen LogP contribution in [0.2, 0.25) is 0 Å². The average Bonchev–Trinajstić information content (AvgIpc) is 2.61. The maximum atomic E-state index is 11.0. The van der Waals surface area contributed by atoms with Crippen molar-refractivity contribution in [2.24, 2.45) is 5.84 Å². The van der Waals surface area contributed by atoms with E-state index in [2.05, 4.69) is 34.6 Å². The highest BCUT2D eigenvalue weighted by atomic mass is 16.2. The van der Waals surface area contributed by atoms with Crippen molar-refractivity contribution in [3.63, 3.8) is 0 Å². The van der Waals surface area contributed by atoms with Crippen LogP contribution in [0.3, 0.4) is 0 Å². The predicted molar refractivity (Wildman–Crippen MR) is 71.9 cm³/mol. The highest BCUT2D eigenvalue weighted by Gasteiger charge is 2.13. The zero-order valence-corrected chi connectivity index (χ0v) is 10.7. The number of fused-ring (bicyclic) bond motifs is 1. The van der Waals surface area contributed by atoms with Gasteiger partial charge in [0.05, 0.1) is 0 Å². The van der Waals surface area contributed by atoms with Gasteiger partial charge in [-0.3, -0.25) is 10.2 Å². The number of hydrogen-bond acceptors (Lipinski definition) is 3. The van der Waals surface area contributed by atoms with Crippen LogP contribution in [0.15, 0.2) is 24.3 Å². The summed E-state index contributed by atoms with van der Waals surface area (Å²) in [4.78, 5) is 13.5. The molecule has 0 aromatic heterocycles. The third kappa shape index (κ3) is 3.55. The van der Waals surface area contributed by atoms with E-state index in [-0.39, 0.29) is 5.91 Å². The summed E-state index contributed by atoms with van der Waals surface area (Å²) in [6.07, 6.45) is 3.61. The summed E-state index contributed by atoms with van der Waals surface area (Å²) in [5.74, 6) is 4.98. The van der Waals surface area contributed by atoms with Gasteiger partial charge in [-0.15, -0.1) is 0 Å². The normalized spacial score (nSPS) is 15.8. The molecule has 1 aliphatic rings. The van der Waals surface area contributed by atoms with Gasteiger partial charge in [0.25, 0.3) is 0 Å². The van der Waals surface area contributed by atoms with Gasteiger partial charge in [0.15, 0.2) is 0 Å². The van der Waals surface area contributed by atoms with E-state index in [0.717, 1.165) is 38.9 Å². The molecular weight excluding hydrogens is 226 g/mol. The molecule has 0 spiro atoms. The van der Waals surface area contributed by atoms with Crippen molar-refractivity contribution < 1.29 is 4.79 Å². The van der Waals surface area contributed by atoms with Gasteiger partial charge in [0, 0.05) is 19.5 Å². The third-order valence-electron chi connectivity index (χ3n) is 3.55. The number of rotatable bonds is 4. The molecule has 0 atom stereocenters. The molecule has 2 rings (SSSR count). The van der Waals surface area contributed by atoms with E-state index in [1.54, 1.807) is 0 Å². The minimum absolute atomic E-state index is 0.0758. The molecule has 1 amide bonds. The molecule has 0 radical (unpaired) electrons. The fourth-order valence-electron chi connectivity index (χ4n) is 2.47. The van der Waals surface area contributed by atoms with Crippen LogP contribution in [-0.2, 0) is 17.6 Å². The first-order valence-corrected chi connectivity index (χ1v) is 6.58. The smallest absolute Gasteiger partial charge is 0.233 e. The van der Waals surface area contributed by atoms with Crippen molar-refractivity contribution in [3.8, 4) is 0 Å². The number of nitrogens with one attached hydrogen (secondary N) is 1. The van der Waals surface area contributed by atoms with Gasteiger partial charge in [0.1, 0.15) is 0 Å². The lowest BCUT2D eigenvalue weighted by Gasteiger charge is -2.19. The highest BCUT2D eigenvalue weighted by Crippen LogP contribution is 2.15. The zero-order valence-electron chi connectivity index (χ0n) is 10.7. The molecular formula is C14H21N3O. The van der Waals surface area contributed by atoms with Crippen LogP contribution in [-0.4, -0.2) is 30.4 Å². The Bertz CT molecular complexity index is 379. The Balaban J connectivity index is 1.79. The fraction of sp³-hybridized carbons (Fsp3) is 0.500. The van der Waals surface area contributed by atoms with Crippen LogP contribution in [0.25, 0.3) is 0 Å². The molecule has 18 heavy (non-hydrogen) atoms. The zero-order chi connectivity index (χ0) is 12.8. The number of amides is 1. The molecule has 0 unspecified atom stereocenters. The molecule has 0 saturated heterocycles. The SMILES string of the molecule is NNC(=O)CCCN1CCc2ccccc2CC1. The number of carbonyl (C=O) groups is 1. The summed E-state index contributed by atoms with van der Waals surface area (Å²) in [5, 5.41) is 0. The maximum absolute atomic E-state index is 11.0. The molecule has 0 bridgehead atoms. The molecule has 0 saturated carbocycles. The number of hydrazine groups is 1. The lowest BCUT2D eigenvalue weighted by molar-refractivity contribution is -0.121. The Morgan fingerprint density at radius 3 is 2.39 bits per heavy atom. The van der Waals surface area contributed by atoms with Crippen LogP contribution in [0.4, 0.5) is 0 Å². The first kappa shape index (κ1) is 13.1. The van der Waals surface area contributed by atoms with Crippen molar-refractivity contribution in [2.75, 3.05) is 19.6 Å². The average molecular weight is 247 g/mol. The summed E-state index contributed by atoms with van der Waals surface area (Å²) >= 11 is 0. The van der Waals surface area contributed by atoms with Crippen molar-refractivity contribution in [1.82, 2.24) is 10.3 Å². The first-order valence-electron chi connectivity index (χ1n) is 6.58. The minimum atomic E-state index is -0.0758. The summed E-state index contributed by atoms with van der Waals surface area (Å²) in [6.45, 7) is 3.14. The van der Waals surface area contributed by atoms with Crippen LogP contribution in [0.1, 0.15) is 24.0 Å². The van der Waals surface area contributed by atoms with Gasteiger partial charge in [-0.25, -0.2) is 5.84 Å². The van der Waals surface area contributed by atoms with E-state index in [1.807, 2.05) is 0 Å². The van der Waals surface area contributed by atoms with Crippen molar-refractivity contribution in [2.45, 2.75) is 25.7 Å². The third-order valence-corrected chi connectivity index (χ3v) is 3.55. The number of carbonyl (C=O) groups excluding carboxylic acids is 1. The molecule has 0 aliphatic carbocycles. The predicted octanol–water partition coefficient (Wildman–Crippen LogP) is 0.857. The van der Waals surface area contributed by atoms with Crippen LogP contribution < -0.4 is 11.3 Å². The second kappa shape index (κ2) is 6.52. The summed E-state index contributed by atoms with van der Waals surface area (Å²) in [5.41, 5.74) is 5.12. The van der Waals surface area contributed by atoms with E-state index in [4.69, 9.17) is 5.84 Å². The summed E-state index contributed by atoms with van der Waals surface area (Å²) < 4.78 is 0. The number of benzene rings is 1. The fourth-order valence-corrected chi connectivity index (χ4v) is 2.47. The largest absolute Gasteiger partial charge is 0.303 e. The molecule has 1 heterocycles. The number of nitrogens with two attached hydrogens (primary N) is 1. The molecule has 4 nitrogen and oxygen atoms in total. The number of nitrogens with zero attached hydrogens (tertiary/aromatic N) is 1. The molecule has 1 aromatic rings. The lowest BCUT2D eigenvalue weighted by Crippen LogP contribution is -2.32. The molecule has 1 aliphatic heterocycles. The van der Waals surface area contributed by atoms with Gasteiger partial charge < -0.3 is 4.90 Å². The molecule has 4 heteroatoms. The Labute approximate surface area is 108 Å². The quantitative estimate of drug-likeness (QED) is 0.471. The first-order chi connectivity index (χ1) is 8.79. The Kier molecular flexibility index (Phi) is 4.73. The second-order valence-corrected chi connectivity index (χ2v) is 4.78. The second-order valence-electron chi connectivity index (χ2n) is 4.78. The Morgan fingerprint density at radius 1 is 1.22 bits per heavy atom. The highest BCUT2D eigenvalue weighted by molar-refractivity contribution is 5.75. The Hall–Kier alpha value is -1.39. The Morgan fingerprint density at radius 2 is 1.83 bits per heavy atom. The van der Waals surface area contributed by atoms with Crippen molar-refractivity contribution >= 4 is 5.91 Å². The van der Waals surface area contributed by atoms with Gasteiger partial charge in [-0.2, -0.15) is 0 Å². The van der Waals surface area contributed by atoms with Gasteiger partial charge in [0.2, 0.25) is 5.91 Å². The van der Waals surface area contributed by atoms with E-state index in [9.17, 15) is 4.79 Å². The topological polar surface area (TPSA) is 58.4 Å². The molecule has 98 valence electrons. The van der Waals surface area contributed by atoms with Gasteiger partial charge in [-0.1, -0.05) is 24.3 Å². The van der Waals surface area contributed by atoms with E-state index < -0.39 is 0 Å². The van der Waals surface area contributed by atoms with E-state index in [0.29, 0.717) is 6.42 Å². The van der Waals surface area contributed by atoms with Gasteiger partial charge in [-0.05, 0) is 36.9 Å². The minimum Gasteiger partial charge on any atom is -0.303 e. The number of hydrogen-bond donors (Lipinski definition) is 2. The summed E-state index contributed by atoms with van der Waals surface area (Å²) in [7, 11) is 0. The van der Waals surface area contributed by atoms with Crippen LogP contribution >= 0.6 is 0 Å².